The lowest BCUT2D eigenvalue weighted by Crippen LogP contribution is -2.54. The molecule has 9 heteroatoms. The molecule has 2 rings (SSSR count). The van der Waals surface area contributed by atoms with Crippen molar-refractivity contribution in [3.05, 3.63) is 34.9 Å². The Morgan fingerprint density at radius 3 is 2.35 bits per heavy atom. The minimum absolute atomic E-state index is 0.00828. The van der Waals surface area contributed by atoms with E-state index in [4.69, 9.17) is 10.5 Å². The lowest BCUT2D eigenvalue weighted by molar-refractivity contribution is -0.143. The summed E-state index contributed by atoms with van der Waals surface area (Å²) < 4.78 is 5.37. The minimum Gasteiger partial charge on any atom is -0.444 e. The highest BCUT2D eigenvalue weighted by Crippen LogP contribution is 2.37. The molecule has 0 aliphatic heterocycles. The SMILES string of the molecule is CCCCCNC(=O)C(c1ccc(C)cc1C)N(C(=O)C(CCC(N)=O)NC(=O)OC(C)(C)C)C1CC1. The van der Waals surface area contributed by atoms with E-state index in [0.29, 0.717) is 6.54 Å². The van der Waals surface area contributed by atoms with Crippen LogP contribution in [-0.4, -0.2) is 52.9 Å². The average molecular weight is 517 g/mol. The second kappa shape index (κ2) is 13.4. The molecule has 9 nitrogen and oxygen atoms in total. The highest BCUT2D eigenvalue weighted by atomic mass is 16.6. The van der Waals surface area contributed by atoms with Crippen LogP contribution in [0.5, 0.6) is 0 Å². The molecule has 1 aliphatic carbocycles. The first-order valence-electron chi connectivity index (χ1n) is 13.3. The number of benzene rings is 1. The number of hydrogen-bond donors (Lipinski definition) is 3. The predicted octanol–water partition coefficient (Wildman–Crippen LogP) is 3.80. The molecule has 37 heavy (non-hydrogen) atoms. The number of primary amides is 1. The summed E-state index contributed by atoms with van der Waals surface area (Å²) in [6.07, 6.45) is 3.53. The third kappa shape index (κ3) is 9.70. The Bertz CT molecular complexity index is 968. The number of amides is 4. The van der Waals surface area contributed by atoms with Crippen molar-refractivity contribution in [2.24, 2.45) is 5.73 Å². The number of aryl methyl sites for hydroxylation is 2. The van der Waals surface area contributed by atoms with Gasteiger partial charge in [0, 0.05) is 19.0 Å². The molecule has 1 fully saturated rings. The van der Waals surface area contributed by atoms with Crippen LogP contribution in [0.3, 0.4) is 0 Å². The van der Waals surface area contributed by atoms with Gasteiger partial charge in [0.05, 0.1) is 0 Å². The van der Waals surface area contributed by atoms with E-state index in [1.165, 1.54) is 0 Å². The number of hydrogen-bond acceptors (Lipinski definition) is 5. The van der Waals surface area contributed by atoms with Gasteiger partial charge in [-0.15, -0.1) is 0 Å². The monoisotopic (exact) mass is 516 g/mol. The van der Waals surface area contributed by atoms with Gasteiger partial charge < -0.3 is 26.0 Å². The summed E-state index contributed by atoms with van der Waals surface area (Å²) in [7, 11) is 0. The van der Waals surface area contributed by atoms with Crippen LogP contribution in [-0.2, 0) is 19.1 Å². The van der Waals surface area contributed by atoms with Crippen LogP contribution in [0.4, 0.5) is 4.79 Å². The van der Waals surface area contributed by atoms with Crippen LogP contribution in [0, 0.1) is 13.8 Å². The van der Waals surface area contributed by atoms with Gasteiger partial charge in [-0.05, 0) is 71.4 Å². The topological polar surface area (TPSA) is 131 Å². The first kappa shape index (κ1) is 30.1. The summed E-state index contributed by atoms with van der Waals surface area (Å²) in [6, 6.07) is 3.74. The second-order valence-corrected chi connectivity index (χ2v) is 10.9. The predicted molar refractivity (Wildman–Crippen MR) is 143 cm³/mol. The Hall–Kier alpha value is -3.10. The molecular formula is C28H44N4O5. The summed E-state index contributed by atoms with van der Waals surface area (Å²) in [5.74, 6) is -1.26. The third-order valence-electron chi connectivity index (χ3n) is 6.19. The molecule has 206 valence electrons. The quantitative estimate of drug-likeness (QED) is 0.343. The Kier molecular flexibility index (Phi) is 10.9. The van der Waals surface area contributed by atoms with Gasteiger partial charge in [0.25, 0.3) is 0 Å². The van der Waals surface area contributed by atoms with E-state index in [-0.39, 0.29) is 24.8 Å². The van der Waals surface area contributed by atoms with E-state index in [1.54, 1.807) is 25.7 Å². The fourth-order valence-electron chi connectivity index (χ4n) is 4.28. The fourth-order valence-corrected chi connectivity index (χ4v) is 4.28. The summed E-state index contributed by atoms with van der Waals surface area (Å²) in [6.45, 7) is 11.7. The summed E-state index contributed by atoms with van der Waals surface area (Å²) in [4.78, 5) is 53.4. The van der Waals surface area contributed by atoms with Gasteiger partial charge in [-0.1, -0.05) is 43.5 Å². The van der Waals surface area contributed by atoms with Crippen molar-refractivity contribution in [1.29, 1.82) is 0 Å². The molecule has 0 aromatic heterocycles. The molecule has 0 bridgehead atoms. The Balaban J connectivity index is 2.43. The third-order valence-corrected chi connectivity index (χ3v) is 6.19. The van der Waals surface area contributed by atoms with E-state index in [0.717, 1.165) is 48.8 Å². The summed E-state index contributed by atoms with van der Waals surface area (Å²) >= 11 is 0. The zero-order valence-electron chi connectivity index (χ0n) is 23.2. The first-order valence-corrected chi connectivity index (χ1v) is 13.3. The molecule has 0 saturated heterocycles. The lowest BCUT2D eigenvalue weighted by atomic mass is 9.96. The minimum atomic E-state index is -1.07. The average Bonchev–Trinajstić information content (AvgIpc) is 3.61. The molecule has 1 aromatic carbocycles. The Labute approximate surface area is 220 Å². The number of rotatable bonds is 13. The van der Waals surface area contributed by atoms with Crippen molar-refractivity contribution in [2.75, 3.05) is 6.54 Å². The van der Waals surface area contributed by atoms with E-state index in [1.807, 2.05) is 32.0 Å². The number of nitrogens with zero attached hydrogens (tertiary/aromatic N) is 1. The smallest absolute Gasteiger partial charge is 0.408 e. The highest BCUT2D eigenvalue weighted by molar-refractivity contribution is 5.93. The van der Waals surface area contributed by atoms with Gasteiger partial charge in [0.1, 0.15) is 17.7 Å². The molecular weight excluding hydrogens is 472 g/mol. The number of ether oxygens (including phenoxy) is 1. The number of nitrogens with one attached hydrogen (secondary N) is 2. The fraction of sp³-hybridized carbons (Fsp3) is 0.643. The van der Waals surface area contributed by atoms with Gasteiger partial charge in [0.15, 0.2) is 0 Å². The van der Waals surface area contributed by atoms with Crippen LogP contribution in [0.1, 0.15) is 95.4 Å². The van der Waals surface area contributed by atoms with E-state index < -0.39 is 35.6 Å². The molecule has 0 spiro atoms. The normalized spacial score (nSPS) is 14.9. The van der Waals surface area contributed by atoms with Gasteiger partial charge in [-0.2, -0.15) is 0 Å². The second-order valence-electron chi connectivity index (χ2n) is 10.9. The molecule has 2 atom stereocenters. The van der Waals surface area contributed by atoms with Crippen LogP contribution in [0.25, 0.3) is 0 Å². The molecule has 1 aromatic rings. The number of carbonyl (C=O) groups is 4. The van der Waals surface area contributed by atoms with Crippen LogP contribution in [0.2, 0.25) is 0 Å². The molecule has 4 amide bonds. The van der Waals surface area contributed by atoms with E-state index in [2.05, 4.69) is 17.6 Å². The molecule has 1 saturated carbocycles. The highest BCUT2D eigenvalue weighted by Gasteiger charge is 2.44. The van der Waals surface area contributed by atoms with Crippen LogP contribution < -0.4 is 16.4 Å². The number of carbonyl (C=O) groups excluding carboxylic acids is 4. The van der Waals surface area contributed by atoms with Crippen molar-refractivity contribution < 1.29 is 23.9 Å². The maximum Gasteiger partial charge on any atom is 0.408 e. The summed E-state index contributed by atoms with van der Waals surface area (Å²) in [5.41, 5.74) is 7.29. The van der Waals surface area contributed by atoms with Gasteiger partial charge in [-0.25, -0.2) is 4.79 Å². The Morgan fingerprint density at radius 1 is 1.14 bits per heavy atom. The zero-order chi connectivity index (χ0) is 27.8. The van der Waals surface area contributed by atoms with Crippen molar-refractivity contribution >= 4 is 23.8 Å². The van der Waals surface area contributed by atoms with Crippen molar-refractivity contribution in [3.63, 3.8) is 0 Å². The zero-order valence-corrected chi connectivity index (χ0v) is 23.2. The Morgan fingerprint density at radius 2 is 1.81 bits per heavy atom. The maximum atomic E-state index is 14.0. The first-order chi connectivity index (χ1) is 17.3. The van der Waals surface area contributed by atoms with Gasteiger partial charge in [0.2, 0.25) is 17.7 Å². The van der Waals surface area contributed by atoms with Crippen LogP contribution in [0.15, 0.2) is 18.2 Å². The van der Waals surface area contributed by atoms with E-state index in [9.17, 15) is 19.2 Å². The molecule has 2 unspecified atom stereocenters. The maximum absolute atomic E-state index is 14.0. The van der Waals surface area contributed by atoms with Crippen molar-refractivity contribution in [3.8, 4) is 0 Å². The molecule has 0 radical (unpaired) electrons. The number of unbranched alkanes of at least 4 members (excludes halogenated alkanes) is 2. The van der Waals surface area contributed by atoms with Gasteiger partial charge in [-0.3, -0.25) is 14.4 Å². The van der Waals surface area contributed by atoms with Crippen LogP contribution >= 0.6 is 0 Å². The number of alkyl carbamates (subject to hydrolysis) is 1. The number of nitrogens with two attached hydrogens (primary N) is 1. The largest absolute Gasteiger partial charge is 0.444 e. The summed E-state index contributed by atoms with van der Waals surface area (Å²) in [5, 5.41) is 5.65. The molecule has 0 heterocycles. The molecule has 1 aliphatic rings. The lowest BCUT2D eigenvalue weighted by Gasteiger charge is -2.35. The van der Waals surface area contributed by atoms with E-state index >= 15 is 0 Å². The van der Waals surface area contributed by atoms with Crippen molar-refractivity contribution in [2.45, 2.75) is 110 Å². The molecule has 4 N–H and O–H groups in total. The van der Waals surface area contributed by atoms with Crippen molar-refractivity contribution in [1.82, 2.24) is 15.5 Å². The van der Waals surface area contributed by atoms with Gasteiger partial charge >= 0.3 is 6.09 Å². The standard InChI is InChI=1S/C28H44N4O5/c1-7-8-9-16-30-25(34)24(21-13-10-18(2)17-19(21)3)32(20-11-12-20)26(35)22(14-15-23(29)33)31-27(36)37-28(4,5)6/h10,13,17,20,22,24H,7-9,11-12,14-16H2,1-6H3,(H2,29,33)(H,30,34)(H,31,36).